The molecule has 0 fully saturated rings. The van der Waals surface area contributed by atoms with Crippen molar-refractivity contribution in [1.29, 1.82) is 0 Å². The molecule has 2 N–H and O–H groups in total. The lowest BCUT2D eigenvalue weighted by atomic mass is 10.2. The Morgan fingerprint density at radius 2 is 2.19 bits per heavy atom. The average molecular weight is 434 g/mol. The number of aromatic hydroxyl groups is 1. The Labute approximate surface area is 160 Å². The van der Waals surface area contributed by atoms with Gasteiger partial charge < -0.3 is 14.3 Å². The van der Waals surface area contributed by atoms with E-state index in [0.29, 0.717) is 16.7 Å². The summed E-state index contributed by atoms with van der Waals surface area (Å²) in [5, 5.41) is 25.0. The summed E-state index contributed by atoms with van der Waals surface area (Å²) in [5.74, 6) is -0.713. The van der Waals surface area contributed by atoms with Crippen LogP contribution in [0.15, 0.2) is 50.4 Å². The molecule has 2 aromatic carbocycles. The summed E-state index contributed by atoms with van der Waals surface area (Å²) < 4.78 is 11.5. The second kappa shape index (κ2) is 7.46. The molecule has 0 radical (unpaired) electrons. The fourth-order valence-electron chi connectivity index (χ4n) is 2.37. The van der Waals surface area contributed by atoms with Gasteiger partial charge in [-0.1, -0.05) is 22.0 Å². The molecule has 1 aromatic heterocycles. The van der Waals surface area contributed by atoms with Crippen LogP contribution < -0.4 is 10.2 Å². The number of phenols is 1. The number of rotatable bonds is 5. The predicted molar refractivity (Wildman–Crippen MR) is 100 cm³/mol. The number of hydrazone groups is 1. The Balaban J connectivity index is 1.80. The van der Waals surface area contributed by atoms with Gasteiger partial charge in [0, 0.05) is 21.5 Å². The van der Waals surface area contributed by atoms with Crippen LogP contribution in [-0.4, -0.2) is 29.3 Å². The topological polar surface area (TPSA) is 127 Å². The summed E-state index contributed by atoms with van der Waals surface area (Å²) >= 11 is 3.34. The zero-order valence-electron chi connectivity index (χ0n) is 13.8. The van der Waals surface area contributed by atoms with Crippen LogP contribution in [0.2, 0.25) is 0 Å². The number of amides is 1. The minimum Gasteiger partial charge on any atom is -0.502 e. The lowest BCUT2D eigenvalue weighted by Crippen LogP contribution is -2.16. The van der Waals surface area contributed by atoms with E-state index in [1.807, 2.05) is 0 Å². The van der Waals surface area contributed by atoms with Crippen LogP contribution in [0.5, 0.6) is 11.5 Å². The molecule has 9 nitrogen and oxygen atoms in total. The second-order valence-electron chi connectivity index (χ2n) is 5.31. The standard InChI is InChI=1S/C17H12BrN3O6/c1-26-13-7-11(18)5-10-6-14(27-16(10)13)17(23)20-19-8-9-3-2-4-12(15(9)22)21(24)25/h2-8,22H,1H3,(H,20,23)/b19-8-. The van der Waals surface area contributed by atoms with Crippen molar-refractivity contribution >= 4 is 44.7 Å². The molecule has 0 atom stereocenters. The third kappa shape index (κ3) is 3.75. The van der Waals surface area contributed by atoms with E-state index in [9.17, 15) is 20.0 Å². The van der Waals surface area contributed by atoms with Crippen molar-refractivity contribution in [3.8, 4) is 11.5 Å². The molecule has 0 saturated heterocycles. The first-order valence-electron chi connectivity index (χ1n) is 7.47. The first-order chi connectivity index (χ1) is 12.9. The lowest BCUT2D eigenvalue weighted by Gasteiger charge is -2.01. The van der Waals surface area contributed by atoms with Gasteiger partial charge in [0.05, 0.1) is 18.2 Å². The van der Waals surface area contributed by atoms with E-state index in [1.54, 1.807) is 12.1 Å². The number of phenolic OH excluding ortho intramolecular Hbond substituents is 1. The van der Waals surface area contributed by atoms with E-state index in [0.717, 1.165) is 16.8 Å². The van der Waals surface area contributed by atoms with E-state index in [4.69, 9.17) is 9.15 Å². The maximum Gasteiger partial charge on any atom is 0.311 e. The first-order valence-corrected chi connectivity index (χ1v) is 8.27. The van der Waals surface area contributed by atoms with Crippen molar-refractivity contribution < 1.29 is 24.0 Å². The van der Waals surface area contributed by atoms with Crippen LogP contribution in [0.3, 0.4) is 0 Å². The lowest BCUT2D eigenvalue weighted by molar-refractivity contribution is -0.385. The number of benzene rings is 2. The fourth-order valence-corrected chi connectivity index (χ4v) is 2.82. The summed E-state index contributed by atoms with van der Waals surface area (Å²) in [6, 6.07) is 8.97. The number of halogens is 1. The van der Waals surface area contributed by atoms with Gasteiger partial charge in [-0.2, -0.15) is 5.10 Å². The Kier molecular flexibility index (Phi) is 5.08. The number of fused-ring (bicyclic) bond motifs is 1. The van der Waals surface area contributed by atoms with Gasteiger partial charge in [-0.15, -0.1) is 0 Å². The molecule has 3 aromatic rings. The van der Waals surface area contributed by atoms with Crippen LogP contribution in [0.25, 0.3) is 11.0 Å². The highest BCUT2D eigenvalue weighted by Gasteiger charge is 2.17. The van der Waals surface area contributed by atoms with E-state index in [2.05, 4.69) is 26.5 Å². The van der Waals surface area contributed by atoms with Gasteiger partial charge in [0.15, 0.2) is 17.1 Å². The fraction of sp³-hybridized carbons (Fsp3) is 0.0588. The zero-order chi connectivity index (χ0) is 19.6. The number of carbonyl (C=O) groups excluding carboxylic acids is 1. The van der Waals surface area contributed by atoms with Gasteiger partial charge in [0.25, 0.3) is 0 Å². The number of nitrogens with zero attached hydrogens (tertiary/aromatic N) is 2. The highest BCUT2D eigenvalue weighted by atomic mass is 79.9. The molecule has 1 amide bonds. The Morgan fingerprint density at radius 1 is 1.41 bits per heavy atom. The molecule has 10 heteroatoms. The average Bonchev–Trinajstić information content (AvgIpc) is 3.06. The number of hydrogen-bond acceptors (Lipinski definition) is 7. The van der Waals surface area contributed by atoms with E-state index >= 15 is 0 Å². The molecule has 1 heterocycles. The van der Waals surface area contributed by atoms with Crippen LogP contribution in [0.4, 0.5) is 5.69 Å². The Hall–Kier alpha value is -3.40. The molecule has 0 spiro atoms. The maximum atomic E-state index is 12.2. The first kappa shape index (κ1) is 18.4. The van der Waals surface area contributed by atoms with Gasteiger partial charge in [-0.05, 0) is 24.3 Å². The smallest absolute Gasteiger partial charge is 0.311 e. The molecule has 0 unspecified atom stereocenters. The monoisotopic (exact) mass is 433 g/mol. The Bertz CT molecular complexity index is 1080. The van der Waals surface area contributed by atoms with Gasteiger partial charge in [-0.25, -0.2) is 5.43 Å². The molecule has 0 aliphatic heterocycles. The summed E-state index contributed by atoms with van der Waals surface area (Å²) in [4.78, 5) is 22.3. The predicted octanol–water partition coefficient (Wildman–Crippen LogP) is 3.58. The van der Waals surface area contributed by atoms with E-state index in [-0.39, 0.29) is 11.3 Å². The van der Waals surface area contributed by atoms with Crippen molar-refractivity contribution in [3.63, 3.8) is 0 Å². The van der Waals surface area contributed by atoms with Crippen molar-refractivity contribution in [3.05, 3.63) is 62.3 Å². The molecule has 3 rings (SSSR count). The third-order valence-corrected chi connectivity index (χ3v) is 4.06. The molecule has 0 aliphatic carbocycles. The second-order valence-corrected chi connectivity index (χ2v) is 6.22. The van der Waals surface area contributed by atoms with Crippen LogP contribution in [-0.2, 0) is 0 Å². The zero-order valence-corrected chi connectivity index (χ0v) is 15.4. The number of nitrogens with one attached hydrogen (secondary N) is 1. The summed E-state index contributed by atoms with van der Waals surface area (Å²) in [6.45, 7) is 0. The highest BCUT2D eigenvalue weighted by molar-refractivity contribution is 9.10. The van der Waals surface area contributed by atoms with E-state index < -0.39 is 22.3 Å². The quantitative estimate of drug-likeness (QED) is 0.359. The minimum absolute atomic E-state index is 0.00168. The molecule has 0 aliphatic rings. The largest absolute Gasteiger partial charge is 0.502 e. The SMILES string of the molecule is COc1cc(Br)cc2cc(C(=O)N/N=C\c3cccc([N+](=O)[O-])c3O)oc12. The Morgan fingerprint density at radius 3 is 2.89 bits per heavy atom. The van der Waals surface area contributed by atoms with Crippen molar-refractivity contribution in [1.82, 2.24) is 5.43 Å². The van der Waals surface area contributed by atoms with Crippen LogP contribution in [0, 0.1) is 10.1 Å². The highest BCUT2D eigenvalue weighted by Crippen LogP contribution is 2.32. The number of ether oxygens (including phenoxy) is 1. The molecule has 27 heavy (non-hydrogen) atoms. The molecule has 0 saturated carbocycles. The third-order valence-electron chi connectivity index (χ3n) is 3.60. The normalized spacial score (nSPS) is 11.0. The van der Waals surface area contributed by atoms with Crippen LogP contribution in [0.1, 0.15) is 16.1 Å². The minimum atomic E-state index is -0.717. The molecular formula is C17H12BrN3O6. The number of nitro groups is 1. The number of nitro benzene ring substituents is 1. The summed E-state index contributed by atoms with van der Waals surface area (Å²) in [5.41, 5.74) is 2.27. The maximum absolute atomic E-state index is 12.2. The number of para-hydroxylation sites is 1. The summed E-state index contributed by atoms with van der Waals surface area (Å²) in [7, 11) is 1.49. The van der Waals surface area contributed by atoms with Gasteiger partial charge in [0.2, 0.25) is 5.75 Å². The number of hydrogen-bond donors (Lipinski definition) is 2. The van der Waals surface area contributed by atoms with Crippen molar-refractivity contribution in [2.45, 2.75) is 0 Å². The molecule has 0 bridgehead atoms. The summed E-state index contributed by atoms with van der Waals surface area (Å²) in [6.07, 6.45) is 1.10. The van der Waals surface area contributed by atoms with Gasteiger partial charge >= 0.3 is 11.6 Å². The van der Waals surface area contributed by atoms with Crippen molar-refractivity contribution in [2.75, 3.05) is 7.11 Å². The number of furan rings is 1. The van der Waals surface area contributed by atoms with E-state index in [1.165, 1.54) is 25.3 Å². The van der Waals surface area contributed by atoms with Crippen LogP contribution >= 0.6 is 15.9 Å². The number of carbonyl (C=O) groups is 1. The molecule has 138 valence electrons. The van der Waals surface area contributed by atoms with Crippen molar-refractivity contribution in [2.24, 2.45) is 5.10 Å². The number of methoxy groups -OCH3 is 1. The molecular weight excluding hydrogens is 422 g/mol. The van der Waals surface area contributed by atoms with Gasteiger partial charge in [-0.3, -0.25) is 14.9 Å². The van der Waals surface area contributed by atoms with Gasteiger partial charge in [0.1, 0.15) is 0 Å².